The standard InChI is InChI=1S/C25H30N6OS/c1-4-30-23(19-11-7-5-8-12-19)28-29-25(30)33-16-22(32)27-24-21(15-26)17(2)18(3)31(24)20-13-9-6-10-14-20/h5,7-8,11-12,20H,4,6,9-10,13-14,16H2,1-3H3,(H,27,32). The number of carbonyl (C=O) groups excluding carboxylic acids is 1. The molecule has 1 aromatic carbocycles. The molecule has 0 spiro atoms. The van der Waals surface area contributed by atoms with Crippen molar-refractivity contribution in [1.82, 2.24) is 19.3 Å². The van der Waals surface area contributed by atoms with Crippen LogP contribution in [0.25, 0.3) is 11.4 Å². The van der Waals surface area contributed by atoms with E-state index in [9.17, 15) is 10.1 Å². The lowest BCUT2D eigenvalue weighted by Gasteiger charge is -2.27. The van der Waals surface area contributed by atoms with Crippen molar-refractivity contribution in [2.75, 3.05) is 11.1 Å². The molecule has 0 aliphatic heterocycles. The number of amides is 1. The first-order chi connectivity index (χ1) is 16.0. The number of benzene rings is 1. The predicted octanol–water partition coefficient (Wildman–Crippen LogP) is 5.49. The molecule has 0 unspecified atom stereocenters. The SMILES string of the molecule is CCn1c(SCC(=O)Nc2c(C#N)c(C)c(C)n2C2CCCCC2)nnc1-c1ccccc1. The minimum atomic E-state index is -0.141. The van der Waals surface area contributed by atoms with Gasteiger partial charge in [0.2, 0.25) is 5.91 Å². The molecule has 8 heteroatoms. The fourth-order valence-electron chi connectivity index (χ4n) is 4.66. The Morgan fingerprint density at radius 1 is 1.18 bits per heavy atom. The summed E-state index contributed by atoms with van der Waals surface area (Å²) in [4.78, 5) is 13.0. The van der Waals surface area contributed by atoms with E-state index in [2.05, 4.69) is 26.2 Å². The van der Waals surface area contributed by atoms with Crippen molar-refractivity contribution < 1.29 is 4.79 Å². The van der Waals surface area contributed by atoms with E-state index in [0.29, 0.717) is 29.1 Å². The van der Waals surface area contributed by atoms with Crippen LogP contribution in [-0.4, -0.2) is 31.0 Å². The first-order valence-electron chi connectivity index (χ1n) is 11.6. The summed E-state index contributed by atoms with van der Waals surface area (Å²) in [6.45, 7) is 6.76. The second kappa shape index (κ2) is 10.3. The number of nitrogens with one attached hydrogen (secondary N) is 1. The molecule has 4 rings (SSSR count). The molecule has 172 valence electrons. The molecule has 33 heavy (non-hydrogen) atoms. The van der Waals surface area contributed by atoms with Crippen molar-refractivity contribution in [2.45, 2.75) is 70.6 Å². The second-order valence-corrected chi connectivity index (χ2v) is 9.40. The van der Waals surface area contributed by atoms with Crippen molar-refractivity contribution in [3.63, 3.8) is 0 Å². The van der Waals surface area contributed by atoms with Gasteiger partial charge in [0.25, 0.3) is 0 Å². The highest BCUT2D eigenvalue weighted by molar-refractivity contribution is 7.99. The number of aromatic nitrogens is 4. The predicted molar refractivity (Wildman–Crippen MR) is 131 cm³/mol. The third-order valence-electron chi connectivity index (χ3n) is 6.46. The molecule has 1 N–H and O–H groups in total. The zero-order valence-corrected chi connectivity index (χ0v) is 20.3. The maximum Gasteiger partial charge on any atom is 0.235 e. The van der Waals surface area contributed by atoms with Gasteiger partial charge in [-0.25, -0.2) is 0 Å². The second-order valence-electron chi connectivity index (χ2n) is 8.46. The monoisotopic (exact) mass is 462 g/mol. The molecule has 0 atom stereocenters. The van der Waals surface area contributed by atoms with Crippen molar-refractivity contribution in [3.05, 3.63) is 47.2 Å². The normalized spacial score (nSPS) is 14.2. The molecule has 7 nitrogen and oxygen atoms in total. The molecule has 1 fully saturated rings. The minimum absolute atomic E-state index is 0.141. The molecule has 2 heterocycles. The lowest BCUT2D eigenvalue weighted by Crippen LogP contribution is -2.22. The molecule has 0 saturated heterocycles. The van der Waals surface area contributed by atoms with Crippen LogP contribution in [0.1, 0.15) is 61.9 Å². The summed E-state index contributed by atoms with van der Waals surface area (Å²) in [5, 5.41) is 22.2. The number of hydrogen-bond acceptors (Lipinski definition) is 5. The van der Waals surface area contributed by atoms with Crippen LogP contribution in [0.15, 0.2) is 35.5 Å². The van der Waals surface area contributed by atoms with Gasteiger partial charge in [-0.3, -0.25) is 4.79 Å². The minimum Gasteiger partial charge on any atom is -0.327 e. The van der Waals surface area contributed by atoms with E-state index >= 15 is 0 Å². The maximum absolute atomic E-state index is 13.0. The first kappa shape index (κ1) is 23.1. The van der Waals surface area contributed by atoms with Gasteiger partial charge in [-0.15, -0.1) is 10.2 Å². The molecule has 2 aromatic heterocycles. The van der Waals surface area contributed by atoms with Gasteiger partial charge in [0.15, 0.2) is 11.0 Å². The molecule has 0 radical (unpaired) electrons. The average molecular weight is 463 g/mol. The summed E-state index contributed by atoms with van der Waals surface area (Å²) < 4.78 is 4.21. The lowest BCUT2D eigenvalue weighted by molar-refractivity contribution is -0.113. The molecule has 1 aliphatic carbocycles. The van der Waals surface area contributed by atoms with Crippen LogP contribution < -0.4 is 5.32 Å². The highest BCUT2D eigenvalue weighted by Gasteiger charge is 2.26. The van der Waals surface area contributed by atoms with E-state index < -0.39 is 0 Å². The number of thioether (sulfide) groups is 1. The van der Waals surface area contributed by atoms with Crippen LogP contribution in [0.2, 0.25) is 0 Å². The van der Waals surface area contributed by atoms with E-state index in [1.165, 1.54) is 31.0 Å². The molecule has 1 amide bonds. The van der Waals surface area contributed by atoms with Crippen LogP contribution in [0.5, 0.6) is 0 Å². The van der Waals surface area contributed by atoms with Crippen LogP contribution in [-0.2, 0) is 11.3 Å². The van der Waals surface area contributed by atoms with Crippen LogP contribution in [0, 0.1) is 25.2 Å². The van der Waals surface area contributed by atoms with Crippen molar-refractivity contribution >= 4 is 23.5 Å². The Morgan fingerprint density at radius 2 is 1.91 bits per heavy atom. The van der Waals surface area contributed by atoms with Crippen molar-refractivity contribution in [2.24, 2.45) is 0 Å². The number of rotatable bonds is 7. The maximum atomic E-state index is 13.0. The smallest absolute Gasteiger partial charge is 0.235 e. The van der Waals surface area contributed by atoms with Crippen LogP contribution >= 0.6 is 11.8 Å². The van der Waals surface area contributed by atoms with Gasteiger partial charge in [0.1, 0.15) is 11.9 Å². The number of anilines is 1. The number of nitrogens with zero attached hydrogens (tertiary/aromatic N) is 5. The molecular weight excluding hydrogens is 432 g/mol. The molecule has 1 saturated carbocycles. The Bertz CT molecular complexity index is 1170. The Labute approximate surface area is 199 Å². The zero-order valence-electron chi connectivity index (χ0n) is 19.5. The fraction of sp³-hybridized carbons (Fsp3) is 0.440. The summed E-state index contributed by atoms with van der Waals surface area (Å²) in [7, 11) is 0. The average Bonchev–Trinajstić information content (AvgIpc) is 3.36. The van der Waals surface area contributed by atoms with Gasteiger partial charge >= 0.3 is 0 Å². The van der Waals surface area contributed by atoms with Crippen LogP contribution in [0.4, 0.5) is 5.82 Å². The quantitative estimate of drug-likeness (QED) is 0.469. The summed E-state index contributed by atoms with van der Waals surface area (Å²) in [5.74, 6) is 1.50. The molecular formula is C25H30N6OS. The summed E-state index contributed by atoms with van der Waals surface area (Å²) in [5.41, 5.74) is 3.58. The summed E-state index contributed by atoms with van der Waals surface area (Å²) in [6.07, 6.45) is 5.78. The zero-order chi connectivity index (χ0) is 23.4. The molecule has 3 aromatic rings. The Balaban J connectivity index is 1.52. The Kier molecular flexibility index (Phi) is 7.19. The summed E-state index contributed by atoms with van der Waals surface area (Å²) >= 11 is 1.37. The third kappa shape index (κ3) is 4.69. The summed E-state index contributed by atoms with van der Waals surface area (Å²) in [6, 6.07) is 12.6. The van der Waals surface area contributed by atoms with Gasteiger partial charge in [-0.05, 0) is 39.2 Å². The van der Waals surface area contributed by atoms with Gasteiger partial charge in [-0.2, -0.15) is 5.26 Å². The van der Waals surface area contributed by atoms with Gasteiger partial charge in [0.05, 0.1) is 11.3 Å². The first-order valence-corrected chi connectivity index (χ1v) is 12.6. The van der Waals surface area contributed by atoms with Gasteiger partial charge in [-0.1, -0.05) is 61.4 Å². The largest absolute Gasteiger partial charge is 0.327 e. The number of hydrogen-bond donors (Lipinski definition) is 1. The van der Waals surface area contributed by atoms with E-state index in [4.69, 9.17) is 0 Å². The molecule has 1 aliphatic rings. The van der Waals surface area contributed by atoms with E-state index in [-0.39, 0.29) is 11.7 Å². The number of carbonyl (C=O) groups is 1. The van der Waals surface area contributed by atoms with Crippen LogP contribution in [0.3, 0.4) is 0 Å². The highest BCUT2D eigenvalue weighted by Crippen LogP contribution is 2.37. The Hall–Kier alpha value is -3.05. The topological polar surface area (TPSA) is 88.5 Å². The van der Waals surface area contributed by atoms with Gasteiger partial charge in [0, 0.05) is 23.8 Å². The fourth-order valence-corrected chi connectivity index (χ4v) is 5.46. The van der Waals surface area contributed by atoms with Crippen molar-refractivity contribution in [1.29, 1.82) is 5.26 Å². The van der Waals surface area contributed by atoms with Crippen molar-refractivity contribution in [3.8, 4) is 17.5 Å². The van der Waals surface area contributed by atoms with E-state index in [1.54, 1.807) is 0 Å². The third-order valence-corrected chi connectivity index (χ3v) is 7.43. The lowest BCUT2D eigenvalue weighted by atomic mass is 9.95. The highest BCUT2D eigenvalue weighted by atomic mass is 32.2. The molecule has 0 bridgehead atoms. The van der Waals surface area contributed by atoms with E-state index in [1.807, 2.05) is 55.7 Å². The van der Waals surface area contributed by atoms with Gasteiger partial charge < -0.3 is 14.5 Å². The van der Waals surface area contributed by atoms with E-state index in [0.717, 1.165) is 35.5 Å². The number of nitriles is 1. The Morgan fingerprint density at radius 3 is 2.58 bits per heavy atom.